The number of piperidine rings is 1. The average molecular weight is 367 g/mol. The second-order valence-electron chi connectivity index (χ2n) is 5.67. The fourth-order valence-electron chi connectivity index (χ4n) is 2.38. The highest BCUT2D eigenvalue weighted by Gasteiger charge is 2.16. The summed E-state index contributed by atoms with van der Waals surface area (Å²) >= 11 is 3.35. The molecule has 1 aliphatic heterocycles. The van der Waals surface area contributed by atoms with Crippen molar-refractivity contribution in [1.29, 1.82) is 0 Å². The number of nitrogens with two attached hydrogens (primary N) is 1. The van der Waals surface area contributed by atoms with E-state index in [9.17, 15) is 4.79 Å². The van der Waals surface area contributed by atoms with Crippen molar-refractivity contribution in [2.75, 3.05) is 26.2 Å². The van der Waals surface area contributed by atoms with Gasteiger partial charge in [-0.2, -0.15) is 0 Å². The first-order chi connectivity index (χ1) is 10.6. The van der Waals surface area contributed by atoms with E-state index in [0.29, 0.717) is 24.6 Å². The zero-order valence-corrected chi connectivity index (χ0v) is 14.5. The van der Waals surface area contributed by atoms with Crippen LogP contribution in [0.2, 0.25) is 0 Å². The number of hydrogen-bond donors (Lipinski definition) is 2. The lowest BCUT2D eigenvalue weighted by Crippen LogP contribution is -2.42. The van der Waals surface area contributed by atoms with Crippen molar-refractivity contribution in [3.8, 4) is 0 Å². The van der Waals surface area contributed by atoms with E-state index in [-0.39, 0.29) is 5.91 Å². The zero-order valence-electron chi connectivity index (χ0n) is 12.9. The summed E-state index contributed by atoms with van der Waals surface area (Å²) in [6.45, 7) is 5.20. The molecular formula is C16H23BrN4O. The van der Waals surface area contributed by atoms with Gasteiger partial charge in [0, 0.05) is 29.7 Å². The Labute approximate surface area is 140 Å². The zero-order chi connectivity index (χ0) is 15.9. The molecule has 120 valence electrons. The molecule has 0 bridgehead atoms. The summed E-state index contributed by atoms with van der Waals surface area (Å²) in [7, 11) is 0. The van der Waals surface area contributed by atoms with Crippen LogP contribution in [0.1, 0.15) is 30.1 Å². The molecule has 0 radical (unpaired) electrons. The highest BCUT2D eigenvalue weighted by Crippen LogP contribution is 2.15. The van der Waals surface area contributed by atoms with Gasteiger partial charge in [-0.3, -0.25) is 9.79 Å². The van der Waals surface area contributed by atoms with Crippen LogP contribution < -0.4 is 11.1 Å². The van der Waals surface area contributed by atoms with Gasteiger partial charge in [-0.25, -0.2) is 0 Å². The lowest BCUT2D eigenvalue weighted by atomic mass is 10.00. The molecule has 0 unspecified atom stereocenters. The van der Waals surface area contributed by atoms with Crippen molar-refractivity contribution in [3.05, 3.63) is 34.3 Å². The van der Waals surface area contributed by atoms with Gasteiger partial charge in [0.25, 0.3) is 5.91 Å². The molecule has 1 amide bonds. The quantitative estimate of drug-likeness (QED) is 0.487. The number of likely N-dealkylation sites (tertiary alicyclic amines) is 1. The Bertz CT molecular complexity index is 521. The average Bonchev–Trinajstić information content (AvgIpc) is 2.52. The number of carbonyl (C=O) groups is 1. The Balaban J connectivity index is 1.72. The van der Waals surface area contributed by atoms with Gasteiger partial charge in [0.05, 0.1) is 6.54 Å². The maximum atomic E-state index is 11.9. The Morgan fingerprint density at radius 3 is 2.64 bits per heavy atom. The first kappa shape index (κ1) is 16.8. The lowest BCUT2D eigenvalue weighted by Gasteiger charge is -2.31. The molecule has 2 rings (SSSR count). The highest BCUT2D eigenvalue weighted by molar-refractivity contribution is 9.10. The number of nitrogens with zero attached hydrogens (tertiary/aromatic N) is 2. The minimum absolute atomic E-state index is 0.0898. The van der Waals surface area contributed by atoms with Crippen molar-refractivity contribution in [2.24, 2.45) is 16.6 Å². The second-order valence-corrected chi connectivity index (χ2v) is 6.59. The summed E-state index contributed by atoms with van der Waals surface area (Å²) in [6.07, 6.45) is 2.33. The van der Waals surface area contributed by atoms with Crippen LogP contribution in [0.4, 0.5) is 0 Å². The molecule has 1 aromatic carbocycles. The smallest absolute Gasteiger partial charge is 0.251 e. The number of benzene rings is 1. The van der Waals surface area contributed by atoms with Gasteiger partial charge in [0.1, 0.15) is 0 Å². The van der Waals surface area contributed by atoms with Gasteiger partial charge in [-0.05, 0) is 43.0 Å². The molecule has 0 aliphatic carbocycles. The van der Waals surface area contributed by atoms with Crippen LogP contribution in [-0.2, 0) is 0 Å². The van der Waals surface area contributed by atoms with Gasteiger partial charge in [0.15, 0.2) is 5.96 Å². The normalized spacial score (nSPS) is 16.6. The second kappa shape index (κ2) is 8.17. The number of rotatable bonds is 4. The molecule has 0 atom stereocenters. The number of nitrogens with one attached hydrogen (secondary N) is 1. The SMILES string of the molecule is CC1CCN(C(N)=NCCNC(=O)c2ccc(Br)cc2)CC1. The summed E-state index contributed by atoms with van der Waals surface area (Å²) in [5.74, 6) is 1.27. The fraction of sp³-hybridized carbons (Fsp3) is 0.500. The van der Waals surface area contributed by atoms with Crippen molar-refractivity contribution >= 4 is 27.8 Å². The van der Waals surface area contributed by atoms with E-state index in [4.69, 9.17) is 5.73 Å². The van der Waals surface area contributed by atoms with Crippen molar-refractivity contribution < 1.29 is 4.79 Å². The molecule has 22 heavy (non-hydrogen) atoms. The molecule has 6 heteroatoms. The predicted octanol–water partition coefficient (Wildman–Crippen LogP) is 2.23. The van der Waals surface area contributed by atoms with Gasteiger partial charge >= 0.3 is 0 Å². The van der Waals surface area contributed by atoms with Gasteiger partial charge in [0.2, 0.25) is 0 Å². The van der Waals surface area contributed by atoms with Crippen LogP contribution in [0.25, 0.3) is 0 Å². The molecule has 0 saturated carbocycles. The third-order valence-corrected chi connectivity index (χ3v) is 4.41. The van der Waals surface area contributed by atoms with Gasteiger partial charge < -0.3 is 16.0 Å². The Morgan fingerprint density at radius 2 is 2.00 bits per heavy atom. The van der Waals surface area contributed by atoms with Crippen LogP contribution >= 0.6 is 15.9 Å². The minimum atomic E-state index is -0.0898. The molecule has 5 nitrogen and oxygen atoms in total. The van der Waals surface area contributed by atoms with E-state index >= 15 is 0 Å². The topological polar surface area (TPSA) is 70.7 Å². The largest absolute Gasteiger partial charge is 0.370 e. The van der Waals surface area contributed by atoms with Crippen LogP contribution in [0.5, 0.6) is 0 Å². The van der Waals surface area contributed by atoms with Crippen LogP contribution in [0.3, 0.4) is 0 Å². The predicted molar refractivity (Wildman–Crippen MR) is 92.9 cm³/mol. The highest BCUT2D eigenvalue weighted by atomic mass is 79.9. The molecule has 1 fully saturated rings. The van der Waals surface area contributed by atoms with Crippen molar-refractivity contribution in [3.63, 3.8) is 0 Å². The minimum Gasteiger partial charge on any atom is -0.370 e. The van der Waals surface area contributed by atoms with E-state index in [1.165, 1.54) is 0 Å². The standard InChI is InChI=1S/C16H23BrN4O/c1-12-6-10-21(11-7-12)16(18)20-9-8-19-15(22)13-2-4-14(17)5-3-13/h2-5,12H,6-11H2,1H3,(H2,18,20)(H,19,22). The van der Waals surface area contributed by atoms with Crippen LogP contribution in [-0.4, -0.2) is 42.9 Å². The van der Waals surface area contributed by atoms with Crippen molar-refractivity contribution in [2.45, 2.75) is 19.8 Å². The maximum Gasteiger partial charge on any atom is 0.251 e. The summed E-state index contributed by atoms with van der Waals surface area (Å²) in [4.78, 5) is 18.4. The lowest BCUT2D eigenvalue weighted by molar-refractivity contribution is 0.0954. The monoisotopic (exact) mass is 366 g/mol. The molecule has 1 saturated heterocycles. The van der Waals surface area contributed by atoms with Crippen LogP contribution in [0, 0.1) is 5.92 Å². The van der Waals surface area contributed by atoms with E-state index in [0.717, 1.165) is 36.3 Å². The van der Waals surface area contributed by atoms with E-state index in [2.05, 4.69) is 38.1 Å². The Kier molecular flexibility index (Phi) is 6.24. The molecule has 1 aromatic rings. The number of guanidine groups is 1. The number of amides is 1. The Hall–Kier alpha value is -1.56. The van der Waals surface area contributed by atoms with Gasteiger partial charge in [-0.15, -0.1) is 0 Å². The summed E-state index contributed by atoms with van der Waals surface area (Å²) in [6, 6.07) is 7.27. The van der Waals surface area contributed by atoms with Gasteiger partial charge in [-0.1, -0.05) is 22.9 Å². The fourth-order valence-corrected chi connectivity index (χ4v) is 2.65. The maximum absolute atomic E-state index is 11.9. The van der Waals surface area contributed by atoms with E-state index < -0.39 is 0 Å². The first-order valence-electron chi connectivity index (χ1n) is 7.65. The van der Waals surface area contributed by atoms with Crippen molar-refractivity contribution in [1.82, 2.24) is 10.2 Å². The molecule has 0 aromatic heterocycles. The first-order valence-corrected chi connectivity index (χ1v) is 8.44. The number of carbonyl (C=O) groups excluding carboxylic acids is 1. The summed E-state index contributed by atoms with van der Waals surface area (Å²) in [5.41, 5.74) is 6.64. The number of aliphatic imine (C=N–C) groups is 1. The summed E-state index contributed by atoms with van der Waals surface area (Å²) < 4.78 is 0.956. The molecule has 3 N–H and O–H groups in total. The van der Waals surface area contributed by atoms with E-state index in [1.54, 1.807) is 12.1 Å². The molecule has 1 heterocycles. The number of hydrogen-bond acceptors (Lipinski definition) is 2. The van der Waals surface area contributed by atoms with Crippen LogP contribution in [0.15, 0.2) is 33.7 Å². The molecule has 1 aliphatic rings. The number of halogens is 1. The third kappa shape index (κ3) is 5.02. The molecular weight excluding hydrogens is 344 g/mol. The van der Waals surface area contributed by atoms with E-state index in [1.807, 2.05) is 12.1 Å². The third-order valence-electron chi connectivity index (χ3n) is 3.89. The Morgan fingerprint density at radius 1 is 1.36 bits per heavy atom. The summed E-state index contributed by atoms with van der Waals surface area (Å²) in [5, 5.41) is 2.85. The molecule has 0 spiro atoms.